The molecule has 2 aliphatic heterocycles. The van der Waals surface area contributed by atoms with Crippen molar-refractivity contribution in [3.05, 3.63) is 29.8 Å². The predicted octanol–water partition coefficient (Wildman–Crippen LogP) is 1.26. The van der Waals surface area contributed by atoms with Crippen molar-refractivity contribution in [3.63, 3.8) is 0 Å². The summed E-state index contributed by atoms with van der Waals surface area (Å²) in [5, 5.41) is 33.8. The summed E-state index contributed by atoms with van der Waals surface area (Å²) in [6, 6.07) is 4.02. The Labute approximate surface area is 209 Å². The van der Waals surface area contributed by atoms with E-state index in [1.54, 1.807) is 0 Å². The molecule has 0 spiro atoms. The van der Waals surface area contributed by atoms with Crippen LogP contribution in [-0.2, 0) is 20.9 Å². The van der Waals surface area contributed by atoms with Gasteiger partial charge < -0.3 is 34.6 Å². The fourth-order valence-corrected chi connectivity index (χ4v) is 3.82. The highest BCUT2D eigenvalue weighted by Crippen LogP contribution is 2.38. The summed E-state index contributed by atoms with van der Waals surface area (Å²) >= 11 is 0. The molecule has 0 unspecified atom stereocenters. The van der Waals surface area contributed by atoms with Crippen LogP contribution in [0.2, 0.25) is 0 Å². The van der Waals surface area contributed by atoms with Gasteiger partial charge in [-0.25, -0.2) is 4.79 Å². The Hall–Kier alpha value is -3.35. The van der Waals surface area contributed by atoms with Crippen molar-refractivity contribution in [2.75, 3.05) is 46.1 Å². The van der Waals surface area contributed by atoms with Crippen molar-refractivity contribution in [2.24, 2.45) is 0 Å². The topological polar surface area (TPSA) is 166 Å². The van der Waals surface area contributed by atoms with E-state index in [0.29, 0.717) is 13.4 Å². The molecule has 2 aliphatic rings. The first-order chi connectivity index (χ1) is 16.9. The number of ether oxygens (including phenoxy) is 3. The third-order valence-corrected chi connectivity index (χ3v) is 5.49. The summed E-state index contributed by atoms with van der Waals surface area (Å²) in [5.41, 5.74) is -0.338. The van der Waals surface area contributed by atoms with Crippen LogP contribution in [0.5, 0.6) is 17.2 Å². The van der Waals surface area contributed by atoms with Crippen LogP contribution < -0.4 is 14.2 Å². The number of hydrogen-bond acceptors (Lipinski definition) is 9. The first-order valence-electron chi connectivity index (χ1n) is 11.5. The van der Waals surface area contributed by atoms with E-state index in [-0.39, 0.29) is 0 Å². The number of rotatable bonds is 11. The van der Waals surface area contributed by atoms with Crippen LogP contribution in [0, 0.1) is 0 Å². The number of carboxylic acid groups (broad SMARTS) is 3. The molecule has 1 fully saturated rings. The predicted molar refractivity (Wildman–Crippen MR) is 127 cm³/mol. The average Bonchev–Trinajstić information content (AvgIpc) is 3.21. The van der Waals surface area contributed by atoms with E-state index >= 15 is 0 Å². The van der Waals surface area contributed by atoms with Crippen LogP contribution in [0.3, 0.4) is 0 Å². The Kier molecular flexibility index (Phi) is 10.5. The highest BCUT2D eigenvalue weighted by molar-refractivity contribution is 5.88. The standard InChI is InChI=1S/C18H26N2O3.C6H8O7/c1-4-21-16-10-18-17(22-13-23-18)9-15(16)12-20-7-5-19(6-8-20)11-14(2)3;7-3(8)1-6(13,5(11)12)2-4(9)10/h9-10H,2,4-8,11-13H2,1,3H3;13H,1-2H2,(H,7,8)(H,9,10)(H,11,12). The lowest BCUT2D eigenvalue weighted by Crippen LogP contribution is -2.46. The lowest BCUT2D eigenvalue weighted by molar-refractivity contribution is -0.170. The maximum absolute atomic E-state index is 10.3. The molecule has 0 radical (unpaired) electrons. The van der Waals surface area contributed by atoms with Gasteiger partial charge in [-0.15, -0.1) is 0 Å². The molecule has 12 heteroatoms. The second kappa shape index (κ2) is 13.1. The molecule has 3 rings (SSSR count). The lowest BCUT2D eigenvalue weighted by atomic mass is 9.96. The van der Waals surface area contributed by atoms with Crippen molar-refractivity contribution in [1.29, 1.82) is 0 Å². The number of carboxylic acids is 3. The van der Waals surface area contributed by atoms with Gasteiger partial charge in [0, 0.05) is 50.9 Å². The van der Waals surface area contributed by atoms with E-state index in [1.807, 2.05) is 13.0 Å². The van der Waals surface area contributed by atoms with Gasteiger partial charge in [-0.1, -0.05) is 12.2 Å². The van der Waals surface area contributed by atoms with E-state index in [2.05, 4.69) is 29.4 Å². The second-order valence-electron chi connectivity index (χ2n) is 8.73. The third-order valence-electron chi connectivity index (χ3n) is 5.49. The molecular weight excluding hydrogens is 476 g/mol. The molecule has 0 bridgehead atoms. The highest BCUT2D eigenvalue weighted by Gasteiger charge is 2.40. The van der Waals surface area contributed by atoms with E-state index in [0.717, 1.165) is 56.5 Å². The van der Waals surface area contributed by atoms with Crippen LogP contribution >= 0.6 is 0 Å². The maximum Gasteiger partial charge on any atom is 0.336 e. The monoisotopic (exact) mass is 510 g/mol. The number of carbonyl (C=O) groups is 3. The quantitative estimate of drug-likeness (QED) is 0.315. The van der Waals surface area contributed by atoms with Crippen molar-refractivity contribution >= 4 is 17.9 Å². The first-order valence-corrected chi connectivity index (χ1v) is 11.5. The fraction of sp³-hybridized carbons (Fsp3) is 0.542. The SMILES string of the molecule is C=C(C)CN1CCN(Cc2cc3c(cc2OCC)OCO3)CC1.O=C(O)CC(O)(CC(=O)O)C(=O)O. The molecular formula is C24H34N2O10. The zero-order valence-corrected chi connectivity index (χ0v) is 20.6. The smallest absolute Gasteiger partial charge is 0.336 e. The van der Waals surface area contributed by atoms with Gasteiger partial charge in [-0.3, -0.25) is 19.4 Å². The first kappa shape index (κ1) is 28.9. The summed E-state index contributed by atoms with van der Waals surface area (Å²) in [4.78, 5) is 35.4. The minimum Gasteiger partial charge on any atom is -0.493 e. The van der Waals surface area contributed by atoms with Crippen molar-refractivity contribution < 1.29 is 49.0 Å². The molecule has 200 valence electrons. The van der Waals surface area contributed by atoms with Gasteiger partial charge in [0.25, 0.3) is 0 Å². The molecule has 0 aromatic heterocycles. The van der Waals surface area contributed by atoms with Crippen molar-refractivity contribution in [3.8, 4) is 17.2 Å². The molecule has 1 saturated heterocycles. The van der Waals surface area contributed by atoms with Crippen LogP contribution in [0.1, 0.15) is 32.3 Å². The number of benzene rings is 1. The lowest BCUT2D eigenvalue weighted by Gasteiger charge is -2.35. The van der Waals surface area contributed by atoms with Gasteiger partial charge in [0.2, 0.25) is 6.79 Å². The second-order valence-corrected chi connectivity index (χ2v) is 8.73. The zero-order chi connectivity index (χ0) is 26.9. The summed E-state index contributed by atoms with van der Waals surface area (Å²) in [7, 11) is 0. The average molecular weight is 511 g/mol. The molecule has 12 nitrogen and oxygen atoms in total. The Morgan fingerprint density at radius 3 is 2.00 bits per heavy atom. The molecule has 0 amide bonds. The molecule has 1 aromatic rings. The van der Waals surface area contributed by atoms with E-state index in [9.17, 15) is 14.4 Å². The number of hydrogen-bond donors (Lipinski definition) is 4. The summed E-state index contributed by atoms with van der Waals surface area (Å²) < 4.78 is 16.8. The molecule has 0 atom stereocenters. The number of piperazine rings is 1. The Morgan fingerprint density at radius 1 is 1.00 bits per heavy atom. The van der Waals surface area contributed by atoms with E-state index in [4.69, 9.17) is 34.6 Å². The van der Waals surface area contributed by atoms with Crippen molar-refractivity contribution in [2.45, 2.75) is 38.8 Å². The summed E-state index contributed by atoms with van der Waals surface area (Å²) in [6.45, 7) is 15.2. The highest BCUT2D eigenvalue weighted by atomic mass is 16.7. The number of fused-ring (bicyclic) bond motifs is 1. The number of aliphatic hydroxyl groups is 1. The van der Waals surface area contributed by atoms with Gasteiger partial charge in [0.15, 0.2) is 17.1 Å². The molecule has 4 N–H and O–H groups in total. The normalized spacial score (nSPS) is 15.5. The molecule has 0 saturated carbocycles. The largest absolute Gasteiger partial charge is 0.493 e. The van der Waals surface area contributed by atoms with Crippen LogP contribution in [0.4, 0.5) is 0 Å². The van der Waals surface area contributed by atoms with Crippen LogP contribution in [-0.4, -0.2) is 99.9 Å². The van der Waals surface area contributed by atoms with Gasteiger partial charge in [-0.05, 0) is 19.9 Å². The maximum atomic E-state index is 10.3. The Bertz CT molecular complexity index is 940. The van der Waals surface area contributed by atoms with Gasteiger partial charge in [-0.2, -0.15) is 0 Å². The molecule has 0 aliphatic carbocycles. The Balaban J connectivity index is 0.000000302. The van der Waals surface area contributed by atoms with Gasteiger partial charge in [0.05, 0.1) is 19.4 Å². The van der Waals surface area contributed by atoms with E-state index in [1.165, 1.54) is 11.1 Å². The zero-order valence-electron chi connectivity index (χ0n) is 20.6. The number of aliphatic carboxylic acids is 3. The van der Waals surface area contributed by atoms with E-state index < -0.39 is 36.4 Å². The summed E-state index contributed by atoms with van der Waals surface area (Å²) in [5.74, 6) is -2.51. The van der Waals surface area contributed by atoms with Crippen molar-refractivity contribution in [1.82, 2.24) is 9.80 Å². The molecule has 1 aromatic carbocycles. The third kappa shape index (κ3) is 8.70. The summed E-state index contributed by atoms with van der Waals surface area (Å²) in [6.07, 6.45) is -2.29. The number of nitrogens with zero attached hydrogens (tertiary/aromatic N) is 2. The minimum atomic E-state index is -2.74. The Morgan fingerprint density at radius 2 is 1.53 bits per heavy atom. The van der Waals surface area contributed by atoms with Gasteiger partial charge in [0.1, 0.15) is 5.75 Å². The van der Waals surface area contributed by atoms with Crippen LogP contribution in [0.25, 0.3) is 0 Å². The minimum absolute atomic E-state index is 0.296. The fourth-order valence-electron chi connectivity index (χ4n) is 3.82. The molecule has 2 heterocycles. The van der Waals surface area contributed by atoms with Crippen LogP contribution in [0.15, 0.2) is 24.3 Å². The molecule has 36 heavy (non-hydrogen) atoms. The van der Waals surface area contributed by atoms with Gasteiger partial charge >= 0.3 is 17.9 Å².